The fourth-order valence-electron chi connectivity index (χ4n) is 7.87. The number of fused-ring (bicyclic) bond motifs is 2. The number of carbonyl (C=O) groups excluding carboxylic acids is 2. The van der Waals surface area contributed by atoms with Crippen LogP contribution in [0.15, 0.2) is 24.3 Å². The maximum Gasteiger partial charge on any atom is 0.161 e. The lowest BCUT2D eigenvalue weighted by molar-refractivity contribution is -0.123. The molecule has 8 nitrogen and oxygen atoms in total. The van der Waals surface area contributed by atoms with Crippen LogP contribution in [0.4, 0.5) is 0 Å². The predicted octanol–water partition coefficient (Wildman–Crippen LogP) is 7.89. The van der Waals surface area contributed by atoms with E-state index in [9.17, 15) is 40.2 Å². The predicted molar refractivity (Wildman–Crippen MR) is 177 cm³/mol. The molecule has 6 N–H and O–H groups in total. The smallest absolute Gasteiger partial charge is 0.161 e. The van der Waals surface area contributed by atoms with Gasteiger partial charge in [-0.3, -0.25) is 9.59 Å². The second kappa shape index (κ2) is 12.4. The average Bonchev–Trinajstić information content (AvgIpc) is 3.05. The summed E-state index contributed by atoms with van der Waals surface area (Å²) in [5.74, 6) is -2.41. The first-order chi connectivity index (χ1) is 22.0. The summed E-state index contributed by atoms with van der Waals surface area (Å²) < 4.78 is 0. The minimum atomic E-state index is -0.462. The van der Waals surface area contributed by atoms with E-state index in [-0.39, 0.29) is 80.8 Å². The lowest BCUT2D eigenvalue weighted by atomic mass is 9.82. The molecule has 2 saturated carbocycles. The van der Waals surface area contributed by atoms with Gasteiger partial charge < -0.3 is 30.6 Å². The molecule has 2 aliphatic carbocycles. The normalized spacial score (nSPS) is 16.3. The van der Waals surface area contributed by atoms with Crippen LogP contribution in [-0.4, -0.2) is 42.2 Å². The van der Waals surface area contributed by atoms with Gasteiger partial charge >= 0.3 is 0 Å². The van der Waals surface area contributed by atoms with Crippen LogP contribution in [-0.2, 0) is 22.4 Å². The van der Waals surface area contributed by atoms with Gasteiger partial charge in [-0.15, -0.1) is 0 Å². The molecular formula is C38H42O8. The molecule has 0 radical (unpaired) electrons. The molecule has 0 bridgehead atoms. The van der Waals surface area contributed by atoms with Gasteiger partial charge in [0.1, 0.15) is 23.1 Å². The SMILES string of the molecule is Cc1cc2c(CC(=O)C3CCCCC3)c(O)c(O)cc2c(O)c1-c1c(C)cc2c(CC(=O)C3CCCCC3)c(O)c(O)cc2c1O. The molecular weight excluding hydrogens is 584 g/mol. The molecule has 2 fully saturated rings. The molecule has 0 amide bonds. The number of carbonyl (C=O) groups is 2. The fraction of sp³-hybridized carbons (Fsp3) is 0.421. The number of ketones is 2. The van der Waals surface area contributed by atoms with Crippen molar-refractivity contribution in [2.24, 2.45) is 11.8 Å². The Bertz CT molecular complexity index is 1740. The van der Waals surface area contributed by atoms with Crippen molar-refractivity contribution in [1.29, 1.82) is 0 Å². The van der Waals surface area contributed by atoms with Crippen molar-refractivity contribution in [1.82, 2.24) is 0 Å². The van der Waals surface area contributed by atoms with Crippen molar-refractivity contribution in [3.8, 4) is 45.6 Å². The summed E-state index contributed by atoms with van der Waals surface area (Å²) in [7, 11) is 0. The molecule has 2 aliphatic rings. The van der Waals surface area contributed by atoms with Gasteiger partial charge in [-0.2, -0.15) is 0 Å². The summed E-state index contributed by atoms with van der Waals surface area (Å²) in [4.78, 5) is 26.5. The Hall–Kier alpha value is -4.46. The maximum atomic E-state index is 13.2. The third-order valence-electron chi connectivity index (χ3n) is 10.4. The number of hydrogen-bond acceptors (Lipinski definition) is 8. The van der Waals surface area contributed by atoms with Crippen molar-refractivity contribution in [2.75, 3.05) is 0 Å². The van der Waals surface area contributed by atoms with E-state index >= 15 is 0 Å². The molecule has 0 aliphatic heterocycles. The largest absolute Gasteiger partial charge is 0.507 e. The van der Waals surface area contributed by atoms with Crippen molar-refractivity contribution < 1.29 is 40.2 Å². The Balaban J connectivity index is 1.48. The molecule has 0 spiro atoms. The van der Waals surface area contributed by atoms with Crippen LogP contribution in [0, 0.1) is 25.7 Å². The van der Waals surface area contributed by atoms with Gasteiger partial charge in [0, 0.05) is 57.7 Å². The van der Waals surface area contributed by atoms with Crippen LogP contribution in [0.2, 0.25) is 0 Å². The number of phenolic OH excluding ortho intramolecular Hbond substituents is 6. The number of phenols is 6. The summed E-state index contributed by atoms with van der Waals surface area (Å²) in [5, 5.41) is 67.8. The Morgan fingerprint density at radius 2 is 0.870 bits per heavy atom. The first-order valence-electron chi connectivity index (χ1n) is 16.4. The zero-order chi connectivity index (χ0) is 32.9. The van der Waals surface area contributed by atoms with Crippen LogP contribution < -0.4 is 0 Å². The van der Waals surface area contributed by atoms with E-state index in [2.05, 4.69) is 0 Å². The second-order valence-corrected chi connectivity index (χ2v) is 13.4. The lowest BCUT2D eigenvalue weighted by Crippen LogP contribution is -2.19. The van der Waals surface area contributed by atoms with E-state index in [1.54, 1.807) is 26.0 Å². The van der Waals surface area contributed by atoms with Gasteiger partial charge in [0.25, 0.3) is 0 Å². The zero-order valence-electron chi connectivity index (χ0n) is 26.4. The van der Waals surface area contributed by atoms with Crippen molar-refractivity contribution in [2.45, 2.75) is 90.9 Å². The molecule has 242 valence electrons. The van der Waals surface area contributed by atoms with Crippen LogP contribution in [0.5, 0.6) is 34.5 Å². The molecule has 0 saturated heterocycles. The summed E-state index contributed by atoms with van der Waals surface area (Å²) in [5.41, 5.74) is 2.17. The summed E-state index contributed by atoms with van der Waals surface area (Å²) in [6.45, 7) is 3.49. The first-order valence-corrected chi connectivity index (χ1v) is 16.4. The van der Waals surface area contributed by atoms with Gasteiger partial charge in [-0.25, -0.2) is 0 Å². The van der Waals surface area contributed by atoms with E-state index < -0.39 is 23.0 Å². The number of aryl methyl sites for hydroxylation is 2. The van der Waals surface area contributed by atoms with Crippen molar-refractivity contribution >= 4 is 33.1 Å². The Morgan fingerprint density at radius 1 is 0.522 bits per heavy atom. The number of Topliss-reactive ketones (excluding diaryl/α,β-unsaturated/α-hetero) is 2. The molecule has 0 aromatic heterocycles. The highest BCUT2D eigenvalue weighted by molar-refractivity contribution is 6.07. The third kappa shape index (κ3) is 5.48. The van der Waals surface area contributed by atoms with E-state index in [0.29, 0.717) is 21.9 Å². The van der Waals surface area contributed by atoms with E-state index in [1.165, 1.54) is 12.1 Å². The summed E-state index contributed by atoms with van der Waals surface area (Å²) >= 11 is 0. The molecule has 0 unspecified atom stereocenters. The van der Waals surface area contributed by atoms with E-state index in [0.717, 1.165) is 64.2 Å². The quantitative estimate of drug-likeness (QED) is 0.113. The van der Waals surface area contributed by atoms with Gasteiger partial charge in [0.2, 0.25) is 0 Å². The Morgan fingerprint density at radius 3 is 1.22 bits per heavy atom. The van der Waals surface area contributed by atoms with Crippen molar-refractivity contribution in [3.63, 3.8) is 0 Å². The molecule has 0 heterocycles. The highest BCUT2D eigenvalue weighted by Crippen LogP contribution is 2.51. The van der Waals surface area contributed by atoms with E-state index in [4.69, 9.17) is 0 Å². The molecule has 6 rings (SSSR count). The first kappa shape index (κ1) is 31.5. The summed E-state index contributed by atoms with van der Waals surface area (Å²) in [6.07, 6.45) is 9.18. The number of rotatable bonds is 7. The standard InChI is InChI=1S/C38H42O8/c1-19-13-23-25(15-29(39)21-9-5-3-6-10-21)35(43)31(41)17-27(23)37(45)33(19)34-20(2)14-24-26(16-30(40)22-11-7-4-8-12-22)36(44)32(42)18-28(24)38(34)46/h13-14,17-18,21-22,41-46H,3-12,15-16H2,1-2H3. The molecule has 8 heteroatoms. The minimum absolute atomic E-state index is 0.00743. The maximum absolute atomic E-state index is 13.2. The molecule has 0 atom stereocenters. The summed E-state index contributed by atoms with van der Waals surface area (Å²) in [6, 6.07) is 5.98. The van der Waals surface area contributed by atoms with Crippen LogP contribution >= 0.6 is 0 Å². The number of aromatic hydroxyl groups is 6. The van der Waals surface area contributed by atoms with E-state index in [1.807, 2.05) is 0 Å². The topological polar surface area (TPSA) is 156 Å². The molecule has 46 heavy (non-hydrogen) atoms. The number of hydrogen-bond donors (Lipinski definition) is 6. The minimum Gasteiger partial charge on any atom is -0.507 e. The van der Waals surface area contributed by atoms with Crippen LogP contribution in [0.3, 0.4) is 0 Å². The Labute approximate surface area is 267 Å². The van der Waals surface area contributed by atoms with Gasteiger partial charge in [-0.05, 0) is 73.6 Å². The zero-order valence-corrected chi connectivity index (χ0v) is 26.4. The Kier molecular flexibility index (Phi) is 8.49. The van der Waals surface area contributed by atoms with Crippen molar-refractivity contribution in [3.05, 3.63) is 46.5 Å². The van der Waals surface area contributed by atoms with Gasteiger partial charge in [0.05, 0.1) is 0 Å². The highest BCUT2D eigenvalue weighted by Gasteiger charge is 2.29. The lowest BCUT2D eigenvalue weighted by Gasteiger charge is -2.23. The number of benzene rings is 4. The average molecular weight is 627 g/mol. The molecule has 4 aromatic carbocycles. The fourth-order valence-corrected chi connectivity index (χ4v) is 7.87. The van der Waals surface area contributed by atoms with Crippen LogP contribution in [0.1, 0.15) is 86.5 Å². The third-order valence-corrected chi connectivity index (χ3v) is 10.4. The second-order valence-electron chi connectivity index (χ2n) is 13.4. The van der Waals surface area contributed by atoms with Gasteiger partial charge in [0.15, 0.2) is 23.0 Å². The van der Waals surface area contributed by atoms with Gasteiger partial charge in [-0.1, -0.05) is 50.7 Å². The van der Waals surface area contributed by atoms with Crippen LogP contribution in [0.25, 0.3) is 32.7 Å². The highest BCUT2D eigenvalue weighted by atomic mass is 16.3. The monoisotopic (exact) mass is 626 g/mol. The molecule has 4 aromatic rings.